The molecule has 3 aromatic rings. The number of esters is 1. The van der Waals surface area contributed by atoms with Crippen LogP contribution in [0.3, 0.4) is 0 Å². The zero-order valence-corrected chi connectivity index (χ0v) is 21.2. The number of carbonyl (C=O) groups excluding carboxylic acids is 3. The molecule has 0 atom stereocenters. The molecule has 0 bridgehead atoms. The van der Waals surface area contributed by atoms with Crippen LogP contribution in [0.5, 0.6) is 11.5 Å². The van der Waals surface area contributed by atoms with Crippen LogP contribution in [0.15, 0.2) is 63.5 Å². The minimum Gasteiger partial charge on any atom is -0.487 e. The average Bonchev–Trinajstić information content (AvgIpc) is 2.81. The minimum absolute atomic E-state index is 0.0656. The molecule has 0 spiro atoms. The number of amides is 1. The lowest BCUT2D eigenvalue weighted by atomic mass is 10.1. The highest BCUT2D eigenvalue weighted by molar-refractivity contribution is 9.11. The Labute approximate surface area is 212 Å². The summed E-state index contributed by atoms with van der Waals surface area (Å²) < 4.78 is 18.0. The zero-order chi connectivity index (χ0) is 24.2. The van der Waals surface area contributed by atoms with E-state index < -0.39 is 18.4 Å². The van der Waals surface area contributed by atoms with E-state index in [0.717, 1.165) is 20.1 Å². The molecule has 1 aliphatic heterocycles. The predicted molar refractivity (Wildman–Crippen MR) is 133 cm³/mol. The van der Waals surface area contributed by atoms with Crippen LogP contribution in [0.2, 0.25) is 0 Å². The van der Waals surface area contributed by atoms with E-state index in [4.69, 9.17) is 14.2 Å². The molecule has 0 aromatic heterocycles. The zero-order valence-electron chi connectivity index (χ0n) is 18.0. The molecule has 34 heavy (non-hydrogen) atoms. The first-order chi connectivity index (χ1) is 16.3. The van der Waals surface area contributed by atoms with Gasteiger partial charge in [0, 0.05) is 5.56 Å². The standard InChI is InChI=1S/C25H19Br2NO6/c1-14-8-18(26)24(19(27)9-14)33-11-15-2-4-16(5-3-15)25(31)34-12-21(29)17-6-7-22-20(10-17)28-23(30)13-32-22/h2-10H,11-13H2,1H3,(H,28,30). The number of ether oxygens (including phenoxy) is 3. The molecule has 4 rings (SSSR count). The Morgan fingerprint density at radius 1 is 1.00 bits per heavy atom. The number of hydrogen-bond acceptors (Lipinski definition) is 6. The first kappa shape index (κ1) is 24.0. The van der Waals surface area contributed by atoms with E-state index in [-0.39, 0.29) is 12.5 Å². The molecule has 9 heteroatoms. The molecular formula is C25H19Br2NO6. The Bertz CT molecular complexity index is 1250. The smallest absolute Gasteiger partial charge is 0.338 e. The van der Waals surface area contributed by atoms with Crippen molar-refractivity contribution in [2.24, 2.45) is 0 Å². The molecule has 1 amide bonds. The largest absolute Gasteiger partial charge is 0.487 e. The summed E-state index contributed by atoms with van der Waals surface area (Å²) in [6.07, 6.45) is 0. The fraction of sp³-hybridized carbons (Fsp3) is 0.160. The monoisotopic (exact) mass is 587 g/mol. The van der Waals surface area contributed by atoms with Gasteiger partial charge in [-0.25, -0.2) is 4.79 Å². The number of rotatable bonds is 7. The van der Waals surface area contributed by atoms with Crippen molar-refractivity contribution >= 4 is 55.2 Å². The molecule has 0 radical (unpaired) electrons. The molecule has 1 N–H and O–H groups in total. The number of halogens is 2. The Morgan fingerprint density at radius 3 is 2.38 bits per heavy atom. The Morgan fingerprint density at radius 2 is 1.68 bits per heavy atom. The van der Waals surface area contributed by atoms with E-state index in [1.807, 2.05) is 19.1 Å². The number of nitrogens with one attached hydrogen (secondary N) is 1. The molecule has 0 saturated carbocycles. The van der Waals surface area contributed by atoms with Gasteiger partial charge in [-0.3, -0.25) is 9.59 Å². The summed E-state index contributed by atoms with van der Waals surface area (Å²) in [7, 11) is 0. The lowest BCUT2D eigenvalue weighted by Crippen LogP contribution is -2.25. The van der Waals surface area contributed by atoms with E-state index in [9.17, 15) is 14.4 Å². The SMILES string of the molecule is Cc1cc(Br)c(OCc2ccc(C(=O)OCC(=O)c3ccc4c(c3)NC(=O)CO4)cc2)c(Br)c1. The average molecular weight is 589 g/mol. The van der Waals surface area contributed by atoms with Crippen LogP contribution in [0.4, 0.5) is 5.69 Å². The molecule has 174 valence electrons. The third kappa shape index (κ3) is 5.66. The van der Waals surface area contributed by atoms with E-state index >= 15 is 0 Å². The van der Waals surface area contributed by atoms with Gasteiger partial charge in [-0.05, 0) is 92.4 Å². The molecule has 0 saturated heterocycles. The first-order valence-corrected chi connectivity index (χ1v) is 11.8. The van der Waals surface area contributed by atoms with Crippen molar-refractivity contribution < 1.29 is 28.6 Å². The second-order valence-corrected chi connectivity index (χ2v) is 9.30. The van der Waals surface area contributed by atoms with Crippen molar-refractivity contribution in [3.05, 3.63) is 85.8 Å². The van der Waals surface area contributed by atoms with Gasteiger partial charge in [0.25, 0.3) is 5.91 Å². The highest BCUT2D eigenvalue weighted by Crippen LogP contribution is 2.35. The molecule has 0 unspecified atom stereocenters. The van der Waals surface area contributed by atoms with E-state index in [1.165, 1.54) is 6.07 Å². The Kier molecular flexibility index (Phi) is 7.33. The molecule has 3 aromatic carbocycles. The fourth-order valence-corrected chi connectivity index (χ4v) is 4.92. The van der Waals surface area contributed by atoms with Crippen LogP contribution in [0, 0.1) is 6.92 Å². The third-order valence-corrected chi connectivity index (χ3v) is 6.16. The lowest BCUT2D eigenvalue weighted by molar-refractivity contribution is -0.118. The number of benzene rings is 3. The Hall–Kier alpha value is -3.17. The maximum absolute atomic E-state index is 12.4. The maximum atomic E-state index is 12.4. The van der Waals surface area contributed by atoms with Gasteiger partial charge in [0.05, 0.1) is 20.2 Å². The van der Waals surface area contributed by atoms with Crippen molar-refractivity contribution in [2.75, 3.05) is 18.5 Å². The number of Topliss-reactive ketones (excluding diaryl/α,β-unsaturated/α-hetero) is 1. The van der Waals surface area contributed by atoms with Gasteiger partial charge in [0.2, 0.25) is 0 Å². The fourth-order valence-electron chi connectivity index (χ4n) is 3.27. The highest BCUT2D eigenvalue weighted by atomic mass is 79.9. The van der Waals surface area contributed by atoms with Gasteiger partial charge in [0.15, 0.2) is 19.0 Å². The van der Waals surface area contributed by atoms with Crippen molar-refractivity contribution in [1.29, 1.82) is 0 Å². The van der Waals surface area contributed by atoms with Gasteiger partial charge >= 0.3 is 5.97 Å². The third-order valence-electron chi connectivity index (χ3n) is 4.98. The molecule has 1 aliphatic rings. The van der Waals surface area contributed by atoms with Crippen LogP contribution in [0.25, 0.3) is 0 Å². The van der Waals surface area contributed by atoms with Crippen molar-refractivity contribution in [1.82, 2.24) is 0 Å². The number of aryl methyl sites for hydroxylation is 1. The van der Waals surface area contributed by atoms with Crippen molar-refractivity contribution in [3.63, 3.8) is 0 Å². The van der Waals surface area contributed by atoms with Gasteiger partial charge in [0.1, 0.15) is 18.1 Å². The second kappa shape index (κ2) is 10.4. The van der Waals surface area contributed by atoms with Crippen molar-refractivity contribution in [2.45, 2.75) is 13.5 Å². The second-order valence-electron chi connectivity index (χ2n) is 7.59. The number of ketones is 1. The summed E-state index contributed by atoms with van der Waals surface area (Å²) in [6, 6.07) is 15.4. The van der Waals surface area contributed by atoms with Gasteiger partial charge in [-0.2, -0.15) is 0 Å². The van der Waals surface area contributed by atoms with Gasteiger partial charge in [-0.1, -0.05) is 12.1 Å². The van der Waals surface area contributed by atoms with E-state index in [0.29, 0.717) is 34.9 Å². The van der Waals surface area contributed by atoms with Gasteiger partial charge < -0.3 is 19.5 Å². The molecule has 0 fully saturated rings. The molecular weight excluding hydrogens is 570 g/mol. The van der Waals surface area contributed by atoms with Crippen LogP contribution in [-0.2, 0) is 16.1 Å². The summed E-state index contributed by atoms with van der Waals surface area (Å²) in [5.74, 6) is -0.119. The molecule has 1 heterocycles. The number of hydrogen-bond donors (Lipinski definition) is 1. The van der Waals surface area contributed by atoms with Crippen LogP contribution in [-0.4, -0.2) is 30.9 Å². The first-order valence-electron chi connectivity index (χ1n) is 10.2. The van der Waals surface area contributed by atoms with Crippen LogP contribution in [0.1, 0.15) is 31.8 Å². The Balaban J connectivity index is 1.32. The maximum Gasteiger partial charge on any atom is 0.338 e. The quantitative estimate of drug-likeness (QED) is 0.291. The summed E-state index contributed by atoms with van der Waals surface area (Å²) in [5.41, 5.74) is 3.00. The van der Waals surface area contributed by atoms with E-state index in [2.05, 4.69) is 37.2 Å². The number of anilines is 1. The number of carbonyl (C=O) groups is 3. The van der Waals surface area contributed by atoms with Crippen molar-refractivity contribution in [3.8, 4) is 11.5 Å². The summed E-state index contributed by atoms with van der Waals surface area (Å²) in [4.78, 5) is 36.3. The van der Waals surface area contributed by atoms with E-state index in [1.54, 1.807) is 36.4 Å². The summed E-state index contributed by atoms with van der Waals surface area (Å²) in [6.45, 7) is 1.81. The van der Waals surface area contributed by atoms with Crippen LogP contribution < -0.4 is 14.8 Å². The normalized spacial score (nSPS) is 12.3. The van der Waals surface area contributed by atoms with Crippen LogP contribution >= 0.6 is 31.9 Å². The topological polar surface area (TPSA) is 90.9 Å². The molecule has 7 nitrogen and oxygen atoms in total. The van der Waals surface area contributed by atoms with Gasteiger partial charge in [-0.15, -0.1) is 0 Å². The minimum atomic E-state index is -0.612. The lowest BCUT2D eigenvalue weighted by Gasteiger charge is -2.18. The number of fused-ring (bicyclic) bond motifs is 1. The predicted octanol–water partition coefficient (Wildman–Crippen LogP) is 5.47. The summed E-state index contributed by atoms with van der Waals surface area (Å²) >= 11 is 7.00. The molecule has 0 aliphatic carbocycles. The summed E-state index contributed by atoms with van der Waals surface area (Å²) in [5, 5.41) is 2.64. The highest BCUT2D eigenvalue weighted by Gasteiger charge is 2.19.